The van der Waals surface area contributed by atoms with Gasteiger partial charge in [-0.1, -0.05) is 24.3 Å². The summed E-state index contributed by atoms with van der Waals surface area (Å²) < 4.78 is 29.7. The van der Waals surface area contributed by atoms with Gasteiger partial charge in [0.1, 0.15) is 5.75 Å². The molecule has 2 aromatic carbocycles. The molecule has 0 unspecified atom stereocenters. The molecule has 0 radical (unpaired) electrons. The number of amides is 1. The van der Waals surface area contributed by atoms with Crippen molar-refractivity contribution in [1.82, 2.24) is 5.32 Å². The van der Waals surface area contributed by atoms with E-state index in [1.54, 1.807) is 24.3 Å². The molecule has 0 aliphatic heterocycles. The van der Waals surface area contributed by atoms with Crippen LogP contribution in [-0.4, -0.2) is 30.1 Å². The highest BCUT2D eigenvalue weighted by molar-refractivity contribution is 6.01. The maximum Gasteiger partial charge on any atom is 0.387 e. The third-order valence-corrected chi connectivity index (χ3v) is 4.20. The number of benzene rings is 2. The van der Waals surface area contributed by atoms with Crippen LogP contribution in [0.1, 0.15) is 23.2 Å². The van der Waals surface area contributed by atoms with Gasteiger partial charge in [0.15, 0.2) is 0 Å². The van der Waals surface area contributed by atoms with Crippen molar-refractivity contribution in [1.29, 1.82) is 0 Å². The van der Waals surface area contributed by atoms with Crippen LogP contribution in [0.15, 0.2) is 36.4 Å². The van der Waals surface area contributed by atoms with E-state index < -0.39 is 23.9 Å². The summed E-state index contributed by atoms with van der Waals surface area (Å²) in [4.78, 5) is 23.5. The molecule has 0 aromatic heterocycles. The van der Waals surface area contributed by atoms with Gasteiger partial charge in [-0.2, -0.15) is 8.78 Å². The lowest BCUT2D eigenvalue weighted by Crippen LogP contribution is -2.34. The monoisotopic (exact) mass is 335 g/mol. The number of carboxylic acids is 1. The first kappa shape index (κ1) is 16.2. The Balaban J connectivity index is 1.88. The lowest BCUT2D eigenvalue weighted by molar-refractivity contribution is -0.143. The second kappa shape index (κ2) is 6.07. The van der Waals surface area contributed by atoms with Crippen LogP contribution in [0.4, 0.5) is 8.78 Å². The summed E-state index contributed by atoms with van der Waals surface area (Å²) in [6.07, 6.45) is 0.974. The molecule has 0 heterocycles. The summed E-state index contributed by atoms with van der Waals surface area (Å²) in [7, 11) is 0. The Labute approximate surface area is 136 Å². The van der Waals surface area contributed by atoms with E-state index in [1.165, 1.54) is 12.1 Å². The molecule has 1 fully saturated rings. The molecule has 1 aliphatic rings. The minimum atomic E-state index is -3.06. The van der Waals surface area contributed by atoms with Gasteiger partial charge in [-0.05, 0) is 35.7 Å². The zero-order valence-corrected chi connectivity index (χ0v) is 12.6. The second-order valence-electron chi connectivity index (χ2n) is 5.84. The minimum Gasteiger partial charge on any atom is -0.481 e. The van der Waals surface area contributed by atoms with Crippen molar-refractivity contribution < 1.29 is 28.2 Å². The van der Waals surface area contributed by atoms with Gasteiger partial charge < -0.3 is 15.2 Å². The molecule has 0 spiro atoms. The van der Waals surface area contributed by atoms with Crippen molar-refractivity contribution >= 4 is 22.6 Å². The molecular formula is C17H15F2NO4. The summed E-state index contributed by atoms with van der Waals surface area (Å²) in [5, 5.41) is 13.0. The molecule has 7 heteroatoms. The predicted molar refractivity (Wildman–Crippen MR) is 82.2 cm³/mol. The van der Waals surface area contributed by atoms with E-state index in [0.717, 1.165) is 0 Å². The van der Waals surface area contributed by atoms with Crippen LogP contribution in [0, 0.1) is 5.41 Å². The average molecular weight is 335 g/mol. The third-order valence-electron chi connectivity index (χ3n) is 4.20. The van der Waals surface area contributed by atoms with E-state index >= 15 is 0 Å². The summed E-state index contributed by atoms with van der Waals surface area (Å²) >= 11 is 0. The van der Waals surface area contributed by atoms with E-state index in [2.05, 4.69) is 10.1 Å². The van der Waals surface area contributed by atoms with E-state index in [0.29, 0.717) is 23.6 Å². The third kappa shape index (κ3) is 3.15. The molecule has 126 valence electrons. The molecule has 0 saturated heterocycles. The maximum absolute atomic E-state index is 12.6. The molecular weight excluding hydrogens is 320 g/mol. The largest absolute Gasteiger partial charge is 0.481 e. The zero-order chi connectivity index (χ0) is 17.3. The van der Waals surface area contributed by atoms with Crippen molar-refractivity contribution in [3.05, 3.63) is 42.0 Å². The number of carbonyl (C=O) groups excluding carboxylic acids is 1. The summed E-state index contributed by atoms with van der Waals surface area (Å²) in [6.45, 7) is -3.10. The van der Waals surface area contributed by atoms with Crippen LogP contribution >= 0.6 is 0 Å². The number of hydrogen-bond donors (Lipinski definition) is 2. The molecule has 2 aromatic rings. The Kier molecular flexibility index (Phi) is 4.09. The number of rotatable bonds is 6. The summed E-state index contributed by atoms with van der Waals surface area (Å²) in [5.74, 6) is -1.84. The normalized spacial score (nSPS) is 15.3. The Bertz CT molecular complexity index is 802. The van der Waals surface area contributed by atoms with Gasteiger partial charge in [-0.15, -0.1) is 0 Å². The topological polar surface area (TPSA) is 75.6 Å². The van der Waals surface area contributed by atoms with E-state index in [-0.39, 0.29) is 17.9 Å². The Morgan fingerprint density at radius 2 is 1.83 bits per heavy atom. The fourth-order valence-corrected chi connectivity index (χ4v) is 2.55. The number of alkyl halides is 2. The Hall–Kier alpha value is -2.70. The van der Waals surface area contributed by atoms with Gasteiger partial charge in [-0.3, -0.25) is 9.59 Å². The first-order valence-corrected chi connectivity index (χ1v) is 7.40. The van der Waals surface area contributed by atoms with Gasteiger partial charge in [-0.25, -0.2) is 0 Å². The van der Waals surface area contributed by atoms with Crippen LogP contribution in [-0.2, 0) is 4.79 Å². The smallest absolute Gasteiger partial charge is 0.387 e. The molecule has 1 amide bonds. The van der Waals surface area contributed by atoms with E-state index in [1.807, 2.05) is 0 Å². The highest BCUT2D eigenvalue weighted by Gasteiger charge is 2.50. The van der Waals surface area contributed by atoms with Crippen molar-refractivity contribution in [2.45, 2.75) is 19.5 Å². The molecule has 1 saturated carbocycles. The quantitative estimate of drug-likeness (QED) is 0.851. The van der Waals surface area contributed by atoms with Crippen LogP contribution < -0.4 is 10.1 Å². The highest BCUT2D eigenvalue weighted by atomic mass is 19.3. The van der Waals surface area contributed by atoms with E-state index in [4.69, 9.17) is 5.11 Å². The standard InChI is InChI=1S/C17H15F2NO4/c18-16(19)24-13-8-11-4-2-1-3-10(11)7-12(13)14(21)20-9-17(5-6-17)15(22)23/h1-4,7-8,16H,5-6,9H2,(H,20,21)(H,22,23). The fourth-order valence-electron chi connectivity index (χ4n) is 2.55. The molecule has 0 atom stereocenters. The summed E-state index contributed by atoms with van der Waals surface area (Å²) in [6, 6.07) is 9.82. The Morgan fingerprint density at radius 1 is 1.21 bits per heavy atom. The summed E-state index contributed by atoms with van der Waals surface area (Å²) in [5.41, 5.74) is -0.980. The van der Waals surface area contributed by atoms with Crippen molar-refractivity contribution in [3.63, 3.8) is 0 Å². The van der Waals surface area contributed by atoms with Crippen molar-refractivity contribution in [2.24, 2.45) is 5.41 Å². The van der Waals surface area contributed by atoms with Crippen molar-refractivity contribution in [2.75, 3.05) is 6.54 Å². The molecule has 5 nitrogen and oxygen atoms in total. The SMILES string of the molecule is O=C(NCC1(C(=O)O)CC1)c1cc2ccccc2cc1OC(F)F. The van der Waals surface area contributed by atoms with E-state index in [9.17, 15) is 18.4 Å². The number of aliphatic carboxylic acids is 1. The lowest BCUT2D eigenvalue weighted by Gasteiger charge is -2.14. The van der Waals surface area contributed by atoms with Crippen LogP contribution in [0.25, 0.3) is 10.8 Å². The number of halogens is 2. The van der Waals surface area contributed by atoms with Gasteiger partial charge in [0.25, 0.3) is 5.91 Å². The predicted octanol–water partition coefficient (Wildman–Crippen LogP) is 3.04. The number of fused-ring (bicyclic) bond motifs is 1. The zero-order valence-electron chi connectivity index (χ0n) is 12.6. The number of carbonyl (C=O) groups is 2. The maximum atomic E-state index is 12.6. The van der Waals surface area contributed by atoms with Crippen LogP contribution in [0.5, 0.6) is 5.75 Å². The first-order valence-electron chi connectivity index (χ1n) is 7.40. The first-order chi connectivity index (χ1) is 11.4. The van der Waals surface area contributed by atoms with Gasteiger partial charge in [0, 0.05) is 6.54 Å². The highest BCUT2D eigenvalue weighted by Crippen LogP contribution is 2.45. The van der Waals surface area contributed by atoms with Gasteiger partial charge >= 0.3 is 12.6 Å². The van der Waals surface area contributed by atoms with Gasteiger partial charge in [0.2, 0.25) is 0 Å². The second-order valence-corrected chi connectivity index (χ2v) is 5.84. The molecule has 3 rings (SSSR count). The Morgan fingerprint density at radius 3 is 2.38 bits per heavy atom. The molecule has 0 bridgehead atoms. The van der Waals surface area contributed by atoms with Crippen LogP contribution in [0.2, 0.25) is 0 Å². The molecule has 1 aliphatic carbocycles. The fraction of sp³-hybridized carbons (Fsp3) is 0.294. The minimum absolute atomic E-state index is 0.0396. The lowest BCUT2D eigenvalue weighted by atomic mass is 10.0. The average Bonchev–Trinajstić information content (AvgIpc) is 3.33. The van der Waals surface area contributed by atoms with Crippen molar-refractivity contribution in [3.8, 4) is 5.75 Å². The van der Waals surface area contributed by atoms with Crippen LogP contribution in [0.3, 0.4) is 0 Å². The molecule has 24 heavy (non-hydrogen) atoms. The molecule has 2 N–H and O–H groups in total. The van der Waals surface area contributed by atoms with Gasteiger partial charge in [0.05, 0.1) is 11.0 Å². The number of carboxylic acid groups (broad SMARTS) is 1. The number of ether oxygens (including phenoxy) is 1. The number of hydrogen-bond acceptors (Lipinski definition) is 3. The number of nitrogens with one attached hydrogen (secondary N) is 1.